The molecule has 1 amide bonds. The van der Waals surface area contributed by atoms with Crippen molar-refractivity contribution >= 4 is 11.6 Å². The van der Waals surface area contributed by atoms with Gasteiger partial charge in [-0.1, -0.05) is 29.3 Å². The number of hydrogen-bond acceptors (Lipinski definition) is 3. The van der Waals surface area contributed by atoms with Crippen LogP contribution in [0.15, 0.2) is 36.4 Å². The topological polar surface area (TPSA) is 52.6 Å². The second kappa shape index (κ2) is 6.65. The quantitative estimate of drug-likeness (QED) is 0.909. The highest BCUT2D eigenvalue weighted by atomic mass is 16.3. The van der Waals surface area contributed by atoms with Crippen molar-refractivity contribution in [1.82, 2.24) is 5.32 Å². The van der Waals surface area contributed by atoms with Gasteiger partial charge in [-0.15, -0.1) is 0 Å². The minimum absolute atomic E-state index is 0.151. The summed E-state index contributed by atoms with van der Waals surface area (Å²) in [6.45, 7) is 5.17. The second-order valence-corrected chi connectivity index (χ2v) is 6.66. The van der Waals surface area contributed by atoms with Crippen molar-refractivity contribution in [3.8, 4) is 0 Å². The average molecular weight is 324 g/mol. The predicted octanol–water partition coefficient (Wildman–Crippen LogP) is 2.76. The van der Waals surface area contributed by atoms with Gasteiger partial charge in [0, 0.05) is 31.4 Å². The number of aryl methyl sites for hydroxylation is 2. The van der Waals surface area contributed by atoms with Gasteiger partial charge in [0.2, 0.25) is 0 Å². The number of likely N-dealkylation sites (N-methyl/N-ethyl adjacent to an activating group) is 1. The zero-order valence-electron chi connectivity index (χ0n) is 14.5. The number of aliphatic hydroxyl groups excluding tert-OH is 1. The fourth-order valence-electron chi connectivity index (χ4n) is 3.31. The molecule has 1 heterocycles. The number of aliphatic hydroxyl groups is 1. The van der Waals surface area contributed by atoms with Gasteiger partial charge < -0.3 is 15.3 Å². The lowest BCUT2D eigenvalue weighted by Crippen LogP contribution is -2.28. The molecule has 0 radical (unpaired) electrons. The molecule has 1 aliphatic rings. The molecule has 2 N–H and O–H groups in total. The first-order valence-corrected chi connectivity index (χ1v) is 8.32. The van der Waals surface area contributed by atoms with E-state index in [0.29, 0.717) is 5.56 Å². The van der Waals surface area contributed by atoms with Crippen LogP contribution >= 0.6 is 0 Å². The molecule has 0 fully saturated rings. The van der Waals surface area contributed by atoms with Crippen LogP contribution in [-0.4, -0.2) is 31.2 Å². The molecule has 2 aromatic rings. The van der Waals surface area contributed by atoms with E-state index in [1.165, 1.54) is 11.3 Å². The van der Waals surface area contributed by atoms with Crippen LogP contribution in [0.3, 0.4) is 0 Å². The predicted molar refractivity (Wildman–Crippen MR) is 96.6 cm³/mol. The molecule has 0 saturated carbocycles. The molecule has 4 nitrogen and oxygen atoms in total. The molecule has 2 aromatic carbocycles. The largest absolute Gasteiger partial charge is 0.387 e. The first-order chi connectivity index (χ1) is 11.4. The summed E-state index contributed by atoms with van der Waals surface area (Å²) in [6.07, 6.45) is 0.303. The standard InChI is InChI=1S/C20H24N2O2/c1-13-8-14(2)10-17(9-13)20(24)21-12-19(23)16-4-5-18-15(11-16)6-7-22(18)3/h4-5,8-11,19,23H,6-7,12H2,1-3H3,(H,21,24). The van der Waals surface area contributed by atoms with Crippen molar-refractivity contribution in [1.29, 1.82) is 0 Å². The molecule has 4 heteroatoms. The Bertz CT molecular complexity index is 750. The number of hydrogen-bond donors (Lipinski definition) is 2. The normalized spacial score (nSPS) is 14.4. The summed E-state index contributed by atoms with van der Waals surface area (Å²) in [4.78, 5) is 14.5. The van der Waals surface area contributed by atoms with E-state index < -0.39 is 6.10 Å². The number of amides is 1. The van der Waals surface area contributed by atoms with Crippen molar-refractivity contribution in [3.63, 3.8) is 0 Å². The lowest BCUT2D eigenvalue weighted by molar-refractivity contribution is 0.0916. The highest BCUT2D eigenvalue weighted by Gasteiger charge is 2.18. The van der Waals surface area contributed by atoms with Gasteiger partial charge in [0.15, 0.2) is 0 Å². The Morgan fingerprint density at radius 3 is 2.62 bits per heavy atom. The molecular weight excluding hydrogens is 300 g/mol. The number of fused-ring (bicyclic) bond motifs is 1. The number of nitrogens with one attached hydrogen (secondary N) is 1. The Morgan fingerprint density at radius 1 is 1.21 bits per heavy atom. The van der Waals surface area contributed by atoms with Gasteiger partial charge in [-0.25, -0.2) is 0 Å². The van der Waals surface area contributed by atoms with Crippen molar-refractivity contribution < 1.29 is 9.90 Å². The zero-order valence-corrected chi connectivity index (χ0v) is 14.5. The van der Waals surface area contributed by atoms with E-state index in [-0.39, 0.29) is 12.5 Å². The molecule has 126 valence electrons. The van der Waals surface area contributed by atoms with E-state index >= 15 is 0 Å². The summed E-state index contributed by atoms with van der Waals surface area (Å²) in [6, 6.07) is 11.8. The maximum absolute atomic E-state index is 12.3. The second-order valence-electron chi connectivity index (χ2n) is 6.66. The molecule has 24 heavy (non-hydrogen) atoms. The molecule has 0 aliphatic carbocycles. The summed E-state index contributed by atoms with van der Waals surface area (Å²) in [5, 5.41) is 13.2. The highest BCUT2D eigenvalue weighted by Crippen LogP contribution is 2.29. The summed E-state index contributed by atoms with van der Waals surface area (Å²) >= 11 is 0. The lowest BCUT2D eigenvalue weighted by atomic mass is 10.0. The minimum atomic E-state index is -0.698. The van der Waals surface area contributed by atoms with Gasteiger partial charge in [-0.3, -0.25) is 4.79 Å². The van der Waals surface area contributed by atoms with E-state index in [0.717, 1.165) is 29.7 Å². The molecule has 1 atom stereocenters. The lowest BCUT2D eigenvalue weighted by Gasteiger charge is -2.16. The molecule has 0 spiro atoms. The molecular formula is C20H24N2O2. The third kappa shape index (κ3) is 3.44. The third-order valence-corrected chi connectivity index (χ3v) is 4.56. The van der Waals surface area contributed by atoms with E-state index in [9.17, 15) is 9.90 Å². The SMILES string of the molecule is Cc1cc(C)cc(C(=O)NCC(O)c2ccc3c(c2)CCN3C)c1. The van der Waals surface area contributed by atoms with Gasteiger partial charge in [0.25, 0.3) is 5.91 Å². The Kier molecular flexibility index (Phi) is 4.58. The van der Waals surface area contributed by atoms with E-state index in [1.807, 2.05) is 50.2 Å². The highest BCUT2D eigenvalue weighted by molar-refractivity contribution is 5.94. The maximum Gasteiger partial charge on any atom is 0.251 e. The number of carbonyl (C=O) groups is 1. The van der Waals surface area contributed by atoms with Crippen molar-refractivity contribution in [2.24, 2.45) is 0 Å². The van der Waals surface area contributed by atoms with Crippen molar-refractivity contribution in [2.75, 3.05) is 25.0 Å². The summed E-state index contributed by atoms with van der Waals surface area (Å²) in [5.41, 5.74) is 6.09. The number of rotatable bonds is 4. The van der Waals surface area contributed by atoms with E-state index in [1.54, 1.807) is 0 Å². The molecule has 1 aliphatic heterocycles. The smallest absolute Gasteiger partial charge is 0.251 e. The summed E-state index contributed by atoms with van der Waals surface area (Å²) in [7, 11) is 2.08. The Hall–Kier alpha value is -2.33. The van der Waals surface area contributed by atoms with E-state index in [2.05, 4.69) is 17.3 Å². The Morgan fingerprint density at radius 2 is 1.92 bits per heavy atom. The number of carbonyl (C=O) groups excluding carboxylic acids is 1. The monoisotopic (exact) mass is 324 g/mol. The third-order valence-electron chi connectivity index (χ3n) is 4.56. The fourth-order valence-corrected chi connectivity index (χ4v) is 3.31. The first-order valence-electron chi connectivity index (χ1n) is 8.32. The summed E-state index contributed by atoms with van der Waals surface area (Å²) < 4.78 is 0. The molecule has 0 aromatic heterocycles. The number of benzene rings is 2. The van der Waals surface area contributed by atoms with Crippen LogP contribution in [0.4, 0.5) is 5.69 Å². The molecule has 0 saturated heterocycles. The molecule has 1 unspecified atom stereocenters. The van der Waals surface area contributed by atoms with Crippen LogP contribution in [0, 0.1) is 13.8 Å². The fraction of sp³-hybridized carbons (Fsp3) is 0.350. The minimum Gasteiger partial charge on any atom is -0.387 e. The Labute approximate surface area is 143 Å². The van der Waals surface area contributed by atoms with Crippen LogP contribution in [0.25, 0.3) is 0 Å². The van der Waals surface area contributed by atoms with Crippen LogP contribution in [-0.2, 0) is 6.42 Å². The molecule has 3 rings (SSSR count). The summed E-state index contributed by atoms with van der Waals surface area (Å²) in [5.74, 6) is -0.151. The van der Waals surface area contributed by atoms with Crippen molar-refractivity contribution in [3.05, 3.63) is 64.2 Å². The van der Waals surface area contributed by atoms with Crippen molar-refractivity contribution in [2.45, 2.75) is 26.4 Å². The van der Waals surface area contributed by atoms with Crippen LogP contribution in [0.1, 0.15) is 38.7 Å². The Balaban J connectivity index is 1.65. The number of anilines is 1. The average Bonchev–Trinajstić information content (AvgIpc) is 2.92. The molecule has 0 bridgehead atoms. The van der Waals surface area contributed by atoms with Gasteiger partial charge >= 0.3 is 0 Å². The van der Waals surface area contributed by atoms with Gasteiger partial charge in [0.05, 0.1) is 6.10 Å². The van der Waals surface area contributed by atoms with Gasteiger partial charge in [-0.2, -0.15) is 0 Å². The van der Waals surface area contributed by atoms with E-state index in [4.69, 9.17) is 0 Å². The first kappa shape index (κ1) is 16.5. The van der Waals surface area contributed by atoms with Crippen LogP contribution in [0.2, 0.25) is 0 Å². The zero-order chi connectivity index (χ0) is 17.3. The maximum atomic E-state index is 12.3. The number of nitrogens with zero attached hydrogens (tertiary/aromatic N) is 1. The van der Waals surface area contributed by atoms with Gasteiger partial charge in [-0.05, 0) is 49.6 Å². The van der Waals surface area contributed by atoms with Crippen LogP contribution in [0.5, 0.6) is 0 Å². The van der Waals surface area contributed by atoms with Gasteiger partial charge in [0.1, 0.15) is 0 Å². The van der Waals surface area contributed by atoms with Crippen LogP contribution < -0.4 is 10.2 Å².